The smallest absolute Gasteiger partial charge is 0.408 e. The van der Waals surface area contributed by atoms with Crippen molar-refractivity contribution in [1.29, 1.82) is 0 Å². The maximum Gasteiger partial charge on any atom is 0.408 e. The van der Waals surface area contributed by atoms with Crippen LogP contribution in [-0.4, -0.2) is 42.2 Å². The Hall–Kier alpha value is -1.35. The quantitative estimate of drug-likeness (QED) is 0.406. The maximum atomic E-state index is 11.7. The molecule has 0 unspecified atom stereocenters. The molecule has 0 aliphatic carbocycles. The number of fused-ring (bicyclic) bond motifs is 1. The minimum Gasteiger partial charge on any atom is -0.465 e. The monoisotopic (exact) mass is 462 g/mol. The lowest BCUT2D eigenvalue weighted by Gasteiger charge is -2.38. The summed E-state index contributed by atoms with van der Waals surface area (Å²) in [5.74, 6) is 0. The third kappa shape index (κ3) is 3.83. The van der Waals surface area contributed by atoms with Crippen LogP contribution in [0.4, 0.5) is 4.79 Å². The molecule has 0 spiro atoms. The van der Waals surface area contributed by atoms with Gasteiger partial charge < -0.3 is 9.67 Å². The summed E-state index contributed by atoms with van der Waals surface area (Å²) in [5, 5.41) is 10.8. The van der Waals surface area contributed by atoms with Gasteiger partial charge in [0.1, 0.15) is 17.1 Å². The van der Waals surface area contributed by atoms with Crippen LogP contribution in [0.15, 0.2) is 25.2 Å². The maximum absolute atomic E-state index is 11.7. The van der Waals surface area contributed by atoms with Crippen molar-refractivity contribution in [3.63, 3.8) is 0 Å². The van der Waals surface area contributed by atoms with Gasteiger partial charge in [-0.25, -0.2) is 14.8 Å². The van der Waals surface area contributed by atoms with Crippen molar-refractivity contribution < 1.29 is 9.90 Å². The average Bonchev–Trinajstić information content (AvgIpc) is 2.79. The summed E-state index contributed by atoms with van der Waals surface area (Å²) >= 11 is 8.34. The third-order valence-corrected chi connectivity index (χ3v) is 4.86. The number of hydrogen-bond donors (Lipinski definition) is 1. The zero-order valence-electron chi connectivity index (χ0n) is 13.8. The lowest BCUT2D eigenvalue weighted by Crippen LogP contribution is -2.50. The molecule has 0 bridgehead atoms. The zero-order valence-corrected chi connectivity index (χ0v) is 16.7. The molecule has 0 saturated heterocycles. The minimum absolute atomic E-state index is 0.296. The van der Waals surface area contributed by atoms with Crippen molar-refractivity contribution in [2.45, 2.75) is 45.3 Å². The number of rotatable bonds is 5. The van der Waals surface area contributed by atoms with Crippen LogP contribution in [0.25, 0.3) is 11.0 Å². The molecule has 0 radical (unpaired) electrons. The molecule has 0 aromatic carbocycles. The SMILES string of the molecule is C=C[C@@H](CCn1cc(I)c2c(Cl)ncnc21)N(C(=O)O)C(C)(C)C. The first-order chi connectivity index (χ1) is 11.2. The standard InChI is InChI=1S/C16H20ClIN4O2/c1-5-10(22(15(23)24)16(2,3)4)6-7-21-8-11(18)12-13(17)19-9-20-14(12)21/h5,8-10H,1,6-7H2,2-4H3,(H,23,24)/t10-/m0/s1. The molecule has 0 saturated carbocycles. The fourth-order valence-electron chi connectivity index (χ4n) is 2.76. The highest BCUT2D eigenvalue weighted by Crippen LogP contribution is 2.27. The van der Waals surface area contributed by atoms with E-state index in [-0.39, 0.29) is 6.04 Å². The van der Waals surface area contributed by atoms with E-state index in [4.69, 9.17) is 11.6 Å². The van der Waals surface area contributed by atoms with Gasteiger partial charge in [-0.15, -0.1) is 6.58 Å². The predicted molar refractivity (Wildman–Crippen MR) is 103 cm³/mol. The zero-order chi connectivity index (χ0) is 18.1. The predicted octanol–water partition coefficient (Wildman–Crippen LogP) is 4.41. The normalized spacial score (nSPS) is 13.0. The van der Waals surface area contributed by atoms with E-state index < -0.39 is 11.6 Å². The van der Waals surface area contributed by atoms with E-state index in [0.29, 0.717) is 18.1 Å². The van der Waals surface area contributed by atoms with Gasteiger partial charge >= 0.3 is 6.09 Å². The molecule has 2 aromatic heterocycles. The Balaban J connectivity index is 2.27. The van der Waals surface area contributed by atoms with Crippen LogP contribution < -0.4 is 0 Å². The Bertz CT molecular complexity index is 769. The van der Waals surface area contributed by atoms with E-state index in [0.717, 1.165) is 14.6 Å². The second-order valence-electron chi connectivity index (χ2n) is 6.45. The second-order valence-corrected chi connectivity index (χ2v) is 7.97. The van der Waals surface area contributed by atoms with Gasteiger partial charge in [0, 0.05) is 21.9 Å². The molecule has 2 rings (SSSR count). The van der Waals surface area contributed by atoms with Gasteiger partial charge in [0.15, 0.2) is 0 Å². The number of nitrogens with zero attached hydrogens (tertiary/aromatic N) is 4. The van der Waals surface area contributed by atoms with Crippen molar-refractivity contribution >= 4 is 51.3 Å². The van der Waals surface area contributed by atoms with Crippen LogP contribution in [0.5, 0.6) is 0 Å². The number of halogens is 2. The molecule has 1 amide bonds. The van der Waals surface area contributed by atoms with Crippen molar-refractivity contribution in [2.24, 2.45) is 0 Å². The average molecular weight is 463 g/mol. The van der Waals surface area contributed by atoms with Crippen LogP contribution in [-0.2, 0) is 6.54 Å². The van der Waals surface area contributed by atoms with Crippen LogP contribution in [0.2, 0.25) is 5.15 Å². The van der Waals surface area contributed by atoms with Crippen molar-refractivity contribution in [3.8, 4) is 0 Å². The Morgan fingerprint density at radius 3 is 2.75 bits per heavy atom. The highest BCUT2D eigenvalue weighted by molar-refractivity contribution is 14.1. The van der Waals surface area contributed by atoms with Gasteiger partial charge in [0.25, 0.3) is 0 Å². The van der Waals surface area contributed by atoms with E-state index in [2.05, 4.69) is 39.1 Å². The van der Waals surface area contributed by atoms with Gasteiger partial charge in [-0.3, -0.25) is 4.90 Å². The summed E-state index contributed by atoms with van der Waals surface area (Å²) in [6.07, 6.45) is 4.70. The Morgan fingerprint density at radius 2 is 2.21 bits per heavy atom. The highest BCUT2D eigenvalue weighted by atomic mass is 127. The number of hydrogen-bond acceptors (Lipinski definition) is 3. The molecule has 24 heavy (non-hydrogen) atoms. The second kappa shape index (κ2) is 7.26. The van der Waals surface area contributed by atoms with Crippen LogP contribution in [0, 0.1) is 3.57 Å². The Kier molecular flexibility index (Phi) is 5.74. The molecular formula is C16H20ClIN4O2. The van der Waals surface area contributed by atoms with Gasteiger partial charge in [-0.1, -0.05) is 17.7 Å². The summed E-state index contributed by atoms with van der Waals surface area (Å²) < 4.78 is 2.94. The highest BCUT2D eigenvalue weighted by Gasteiger charge is 2.31. The first-order valence-electron chi connectivity index (χ1n) is 7.46. The fraction of sp³-hybridized carbons (Fsp3) is 0.438. The molecule has 0 aliphatic heterocycles. The molecule has 2 heterocycles. The summed E-state index contributed by atoms with van der Waals surface area (Å²) in [4.78, 5) is 21.4. The Morgan fingerprint density at radius 1 is 1.54 bits per heavy atom. The van der Waals surface area contributed by atoms with Gasteiger partial charge in [-0.05, 0) is 49.8 Å². The summed E-state index contributed by atoms with van der Waals surface area (Å²) in [6.45, 7) is 10.0. The topological polar surface area (TPSA) is 71.2 Å². The molecule has 6 nitrogen and oxygen atoms in total. The van der Waals surface area contributed by atoms with Crippen LogP contribution >= 0.6 is 34.2 Å². The largest absolute Gasteiger partial charge is 0.465 e. The van der Waals surface area contributed by atoms with E-state index in [1.807, 2.05) is 31.5 Å². The minimum atomic E-state index is -0.954. The first kappa shape index (κ1) is 19.0. The number of carbonyl (C=O) groups is 1. The molecule has 130 valence electrons. The molecule has 0 aliphatic rings. The third-order valence-electron chi connectivity index (χ3n) is 3.76. The lowest BCUT2D eigenvalue weighted by atomic mass is 10.0. The molecule has 0 fully saturated rings. The van der Waals surface area contributed by atoms with E-state index in [9.17, 15) is 9.90 Å². The summed E-state index contributed by atoms with van der Waals surface area (Å²) in [6, 6.07) is -0.296. The molecular weight excluding hydrogens is 443 g/mol. The van der Waals surface area contributed by atoms with Crippen LogP contribution in [0.3, 0.4) is 0 Å². The Labute approximate surface area is 159 Å². The van der Waals surface area contributed by atoms with E-state index >= 15 is 0 Å². The van der Waals surface area contributed by atoms with Gasteiger partial charge in [0.2, 0.25) is 0 Å². The molecule has 2 aromatic rings. The number of aromatic nitrogens is 3. The summed E-state index contributed by atoms with van der Waals surface area (Å²) in [5.41, 5.74) is 0.239. The summed E-state index contributed by atoms with van der Waals surface area (Å²) in [7, 11) is 0. The van der Waals surface area contributed by atoms with Gasteiger partial charge in [-0.2, -0.15) is 0 Å². The number of aryl methyl sites for hydroxylation is 1. The number of amides is 1. The fourth-order valence-corrected chi connectivity index (χ4v) is 3.98. The number of carboxylic acid groups (broad SMARTS) is 1. The van der Waals surface area contributed by atoms with E-state index in [1.54, 1.807) is 6.08 Å². The molecule has 8 heteroatoms. The van der Waals surface area contributed by atoms with Crippen molar-refractivity contribution in [2.75, 3.05) is 0 Å². The molecule has 1 N–H and O–H groups in total. The first-order valence-corrected chi connectivity index (χ1v) is 8.92. The lowest BCUT2D eigenvalue weighted by molar-refractivity contribution is 0.0798. The van der Waals surface area contributed by atoms with E-state index in [1.165, 1.54) is 11.2 Å². The van der Waals surface area contributed by atoms with Crippen molar-refractivity contribution in [1.82, 2.24) is 19.4 Å². The van der Waals surface area contributed by atoms with Crippen molar-refractivity contribution in [3.05, 3.63) is 33.9 Å². The van der Waals surface area contributed by atoms with Crippen LogP contribution in [0.1, 0.15) is 27.2 Å². The molecule has 1 atom stereocenters. The van der Waals surface area contributed by atoms with Gasteiger partial charge in [0.05, 0.1) is 11.4 Å².